The molecule has 0 spiro atoms. The summed E-state index contributed by atoms with van der Waals surface area (Å²) in [6, 6.07) is 11.9. The van der Waals surface area contributed by atoms with Crippen LogP contribution in [0.5, 0.6) is 17.2 Å². The van der Waals surface area contributed by atoms with Crippen molar-refractivity contribution in [1.29, 1.82) is 0 Å². The highest BCUT2D eigenvalue weighted by molar-refractivity contribution is 14.1. The fourth-order valence-electron chi connectivity index (χ4n) is 2.09. The van der Waals surface area contributed by atoms with E-state index in [0.717, 1.165) is 9.13 Å². The van der Waals surface area contributed by atoms with Crippen LogP contribution >= 0.6 is 22.6 Å². The molecule has 5 nitrogen and oxygen atoms in total. The van der Waals surface area contributed by atoms with Crippen molar-refractivity contribution in [2.24, 2.45) is 5.73 Å². The van der Waals surface area contributed by atoms with Crippen LogP contribution in [0.4, 0.5) is 0 Å². The van der Waals surface area contributed by atoms with Crippen LogP contribution in [0.3, 0.4) is 0 Å². The molecule has 0 aliphatic heterocycles. The molecule has 0 aromatic heterocycles. The van der Waals surface area contributed by atoms with E-state index < -0.39 is 11.5 Å². The summed E-state index contributed by atoms with van der Waals surface area (Å²) in [6.45, 7) is 1.77. The molecule has 0 unspecified atom stereocenters. The number of carbonyl (C=O) groups is 1. The van der Waals surface area contributed by atoms with E-state index in [0.29, 0.717) is 17.9 Å². The van der Waals surface area contributed by atoms with Crippen molar-refractivity contribution in [3.05, 3.63) is 51.6 Å². The first-order valence-electron chi connectivity index (χ1n) is 7.11. The fourth-order valence-corrected chi connectivity index (χ4v) is 2.78. The Hall–Kier alpha value is -1.80. The van der Waals surface area contributed by atoms with Crippen LogP contribution in [0.25, 0.3) is 0 Å². The number of halogens is 1. The SMILES string of the molecule is CC[C@](N)(Cc1ccc(Oc2ccc(O)cc2)c(I)c1)C(=O)O. The van der Waals surface area contributed by atoms with Gasteiger partial charge < -0.3 is 20.7 Å². The molecule has 4 N–H and O–H groups in total. The minimum absolute atomic E-state index is 0.176. The van der Waals surface area contributed by atoms with Crippen molar-refractivity contribution in [2.75, 3.05) is 0 Å². The number of hydrogen-bond acceptors (Lipinski definition) is 4. The topological polar surface area (TPSA) is 92.8 Å². The number of ether oxygens (including phenoxy) is 1. The number of carboxylic acids is 1. The molecule has 0 aliphatic rings. The smallest absolute Gasteiger partial charge is 0.324 e. The third-order valence-corrected chi connectivity index (χ3v) is 4.48. The van der Waals surface area contributed by atoms with Gasteiger partial charge in [-0.2, -0.15) is 0 Å². The Morgan fingerprint density at radius 2 is 1.91 bits per heavy atom. The molecular formula is C17H18INO4. The predicted octanol–water partition coefficient (Wildman–Crippen LogP) is 3.52. The summed E-state index contributed by atoms with van der Waals surface area (Å²) in [4.78, 5) is 11.3. The number of benzene rings is 2. The molecule has 0 radical (unpaired) electrons. The Balaban J connectivity index is 2.17. The van der Waals surface area contributed by atoms with E-state index in [1.54, 1.807) is 37.3 Å². The maximum atomic E-state index is 11.3. The van der Waals surface area contributed by atoms with Gasteiger partial charge in [-0.1, -0.05) is 13.0 Å². The lowest BCUT2D eigenvalue weighted by Gasteiger charge is -2.23. The highest BCUT2D eigenvalue weighted by Gasteiger charge is 2.32. The molecule has 122 valence electrons. The van der Waals surface area contributed by atoms with Crippen molar-refractivity contribution in [3.63, 3.8) is 0 Å². The average Bonchev–Trinajstić information content (AvgIpc) is 2.51. The van der Waals surface area contributed by atoms with Crippen molar-refractivity contribution < 1.29 is 19.7 Å². The van der Waals surface area contributed by atoms with Gasteiger partial charge in [0.25, 0.3) is 0 Å². The minimum Gasteiger partial charge on any atom is -0.508 e. The quantitative estimate of drug-likeness (QED) is 0.614. The van der Waals surface area contributed by atoms with Gasteiger partial charge in [0, 0.05) is 6.42 Å². The number of phenolic OH excluding ortho intramolecular Hbond substituents is 1. The summed E-state index contributed by atoms with van der Waals surface area (Å²) in [5.41, 5.74) is 5.53. The molecule has 0 aliphatic carbocycles. The standard InChI is InChI=1S/C17H18INO4/c1-2-17(19,16(21)22)10-11-3-8-15(14(18)9-11)23-13-6-4-12(20)5-7-13/h3-9,20H,2,10,19H2,1H3,(H,21,22)/t17-/m0/s1. The second-order valence-electron chi connectivity index (χ2n) is 5.35. The summed E-state index contributed by atoms with van der Waals surface area (Å²) in [7, 11) is 0. The van der Waals surface area contributed by atoms with Gasteiger partial charge in [0.05, 0.1) is 3.57 Å². The first-order chi connectivity index (χ1) is 10.8. The van der Waals surface area contributed by atoms with E-state index >= 15 is 0 Å². The summed E-state index contributed by atoms with van der Waals surface area (Å²) in [6.07, 6.45) is 0.610. The molecule has 0 saturated heterocycles. The number of aliphatic carboxylic acids is 1. The van der Waals surface area contributed by atoms with E-state index in [-0.39, 0.29) is 12.2 Å². The fraction of sp³-hybridized carbons (Fsp3) is 0.235. The van der Waals surface area contributed by atoms with Crippen molar-refractivity contribution >= 4 is 28.6 Å². The molecule has 0 saturated carbocycles. The third-order valence-electron chi connectivity index (χ3n) is 3.64. The second kappa shape index (κ2) is 7.18. The van der Waals surface area contributed by atoms with E-state index in [1.165, 1.54) is 0 Å². The molecule has 1 atom stereocenters. The Labute approximate surface area is 148 Å². The zero-order valence-electron chi connectivity index (χ0n) is 12.6. The van der Waals surface area contributed by atoms with E-state index in [1.807, 2.05) is 12.1 Å². The first-order valence-corrected chi connectivity index (χ1v) is 8.19. The highest BCUT2D eigenvalue weighted by atomic mass is 127. The Kier molecular flexibility index (Phi) is 5.48. The molecule has 6 heteroatoms. The first kappa shape index (κ1) is 17.6. The van der Waals surface area contributed by atoms with Crippen LogP contribution in [-0.2, 0) is 11.2 Å². The van der Waals surface area contributed by atoms with Crippen LogP contribution < -0.4 is 10.5 Å². The molecule has 23 heavy (non-hydrogen) atoms. The number of nitrogens with two attached hydrogens (primary N) is 1. The lowest BCUT2D eigenvalue weighted by atomic mass is 9.89. The number of carboxylic acid groups (broad SMARTS) is 1. The van der Waals surface area contributed by atoms with Gasteiger partial charge in [-0.3, -0.25) is 4.79 Å². The Morgan fingerprint density at radius 1 is 1.26 bits per heavy atom. The predicted molar refractivity (Wildman–Crippen MR) is 95.9 cm³/mol. The van der Waals surface area contributed by atoms with Crippen LogP contribution in [0, 0.1) is 3.57 Å². The van der Waals surface area contributed by atoms with E-state index in [9.17, 15) is 15.0 Å². The van der Waals surface area contributed by atoms with Crippen LogP contribution in [-0.4, -0.2) is 21.7 Å². The maximum Gasteiger partial charge on any atom is 0.324 e. The van der Waals surface area contributed by atoms with E-state index in [4.69, 9.17) is 10.5 Å². The Morgan fingerprint density at radius 3 is 2.43 bits per heavy atom. The van der Waals surface area contributed by atoms with Crippen LogP contribution in [0.2, 0.25) is 0 Å². The third kappa shape index (κ3) is 4.35. The normalized spacial score (nSPS) is 13.3. The van der Waals surface area contributed by atoms with Crippen molar-refractivity contribution in [1.82, 2.24) is 0 Å². The monoisotopic (exact) mass is 427 g/mol. The zero-order chi connectivity index (χ0) is 17.0. The van der Waals surface area contributed by atoms with E-state index in [2.05, 4.69) is 22.6 Å². The molecule has 2 aromatic rings. The molecule has 2 aromatic carbocycles. The lowest BCUT2D eigenvalue weighted by molar-refractivity contribution is -0.143. The van der Waals surface area contributed by atoms with Crippen molar-refractivity contribution in [2.45, 2.75) is 25.3 Å². The highest BCUT2D eigenvalue weighted by Crippen LogP contribution is 2.29. The second-order valence-corrected chi connectivity index (χ2v) is 6.51. The number of hydrogen-bond donors (Lipinski definition) is 3. The summed E-state index contributed by atoms with van der Waals surface area (Å²) < 4.78 is 6.62. The molecule has 0 heterocycles. The molecule has 0 fully saturated rings. The van der Waals surface area contributed by atoms with Gasteiger partial charge in [0.2, 0.25) is 0 Å². The van der Waals surface area contributed by atoms with Crippen molar-refractivity contribution in [3.8, 4) is 17.2 Å². The van der Waals surface area contributed by atoms with Gasteiger partial charge in [-0.05, 0) is 71.0 Å². The van der Waals surface area contributed by atoms with Gasteiger partial charge in [-0.15, -0.1) is 0 Å². The largest absolute Gasteiger partial charge is 0.508 e. The van der Waals surface area contributed by atoms with Gasteiger partial charge in [0.15, 0.2) is 0 Å². The minimum atomic E-state index is -1.26. The van der Waals surface area contributed by atoms with Gasteiger partial charge >= 0.3 is 5.97 Å². The number of phenols is 1. The average molecular weight is 427 g/mol. The van der Waals surface area contributed by atoms with Gasteiger partial charge in [0.1, 0.15) is 22.8 Å². The molecule has 2 rings (SSSR count). The molecular weight excluding hydrogens is 409 g/mol. The Bertz CT molecular complexity index is 702. The zero-order valence-corrected chi connectivity index (χ0v) is 14.8. The van der Waals surface area contributed by atoms with Crippen LogP contribution in [0.15, 0.2) is 42.5 Å². The maximum absolute atomic E-state index is 11.3. The van der Waals surface area contributed by atoms with Crippen LogP contribution in [0.1, 0.15) is 18.9 Å². The number of rotatable bonds is 6. The lowest BCUT2D eigenvalue weighted by Crippen LogP contribution is -2.49. The number of aromatic hydroxyl groups is 1. The molecule has 0 bridgehead atoms. The van der Waals surface area contributed by atoms with Gasteiger partial charge in [-0.25, -0.2) is 0 Å². The summed E-state index contributed by atoms with van der Waals surface area (Å²) >= 11 is 2.14. The molecule has 0 amide bonds. The summed E-state index contributed by atoms with van der Waals surface area (Å²) in [5.74, 6) is 0.449. The summed E-state index contributed by atoms with van der Waals surface area (Å²) in [5, 5.41) is 18.5.